The summed E-state index contributed by atoms with van der Waals surface area (Å²) in [5.41, 5.74) is 0.656. The van der Waals surface area contributed by atoms with Gasteiger partial charge in [0, 0.05) is 92.1 Å². The number of benzene rings is 3. The number of nitriles is 1. The Labute approximate surface area is 375 Å². The summed E-state index contributed by atoms with van der Waals surface area (Å²) in [7, 11) is 0. The number of aliphatic hydroxyl groups is 1. The number of piperidine rings is 2. The van der Waals surface area contributed by atoms with Crippen molar-refractivity contribution in [3.05, 3.63) is 87.2 Å². The molecule has 17 nitrogen and oxygen atoms in total. The largest absolute Gasteiger partial charge is 0.489 e. The molecule has 4 heterocycles. The smallest absolute Gasteiger partial charge is 0.278 e. The number of halogens is 1. The third-order valence-electron chi connectivity index (χ3n) is 13.5. The number of anilines is 2. The zero-order chi connectivity index (χ0) is 45.6. The highest BCUT2D eigenvalue weighted by Crippen LogP contribution is 2.55. The van der Waals surface area contributed by atoms with Gasteiger partial charge in [-0.05, 0) is 73.9 Å². The van der Waals surface area contributed by atoms with Crippen molar-refractivity contribution in [2.75, 3.05) is 62.6 Å². The highest BCUT2D eigenvalue weighted by molar-refractivity contribution is 6.31. The third-order valence-corrected chi connectivity index (χ3v) is 13.8. The van der Waals surface area contributed by atoms with Crippen molar-refractivity contribution >= 4 is 57.5 Å². The predicted molar refractivity (Wildman–Crippen MR) is 239 cm³/mol. The number of carbonyl (C=O) groups is 4. The second-order valence-corrected chi connectivity index (χ2v) is 19.0. The van der Waals surface area contributed by atoms with Crippen LogP contribution in [0.4, 0.5) is 11.4 Å². The highest BCUT2D eigenvalue weighted by atomic mass is 35.5. The van der Waals surface area contributed by atoms with Crippen molar-refractivity contribution in [3.63, 3.8) is 0 Å². The fraction of sp³-hybridized carbons (Fsp3) is 0.478. The van der Waals surface area contributed by atoms with Gasteiger partial charge in [-0.3, -0.25) is 34.2 Å². The standard InChI is InChI=1S/C46H53ClN10O7/c1-44(2)42(45(3,4)43(44)64-32-11-7-29(25-48)34(47)24-32)51-39(60)28-5-9-31(10-6-28)55-21-19-54(20-22-55)27-46(63)15-17-56(18-16-46)38(59)26-49-30-8-12-35-33(23-30)41(62)57(53-52-35)36-13-14-37(58)50-40(36)61/h5-12,23-24,36,42-43,49,63H,13-22,26-27H2,1-4H3,(H,51,60)(H,50,58,61)/t36?,42-,43-. The van der Waals surface area contributed by atoms with Crippen LogP contribution in [-0.4, -0.2) is 124 Å². The first-order valence-electron chi connectivity index (χ1n) is 21.7. The van der Waals surface area contributed by atoms with Crippen molar-refractivity contribution in [1.29, 1.82) is 5.26 Å². The summed E-state index contributed by atoms with van der Waals surface area (Å²) >= 11 is 6.25. The average Bonchev–Trinajstić information content (AvgIpc) is 3.27. The van der Waals surface area contributed by atoms with Gasteiger partial charge in [0.15, 0.2) is 0 Å². The van der Waals surface area contributed by atoms with E-state index in [2.05, 4.69) is 69.8 Å². The number of ether oxygens (including phenoxy) is 1. The van der Waals surface area contributed by atoms with Gasteiger partial charge in [0.2, 0.25) is 11.8 Å². The highest BCUT2D eigenvalue weighted by Gasteiger charge is 2.64. The number of hydrogen-bond donors (Lipinski definition) is 4. The second-order valence-electron chi connectivity index (χ2n) is 18.6. The molecule has 0 radical (unpaired) electrons. The van der Waals surface area contributed by atoms with Crippen LogP contribution in [0.2, 0.25) is 5.02 Å². The average molecular weight is 893 g/mol. The Balaban J connectivity index is 0.776. The lowest BCUT2D eigenvalue weighted by Gasteiger charge is -2.63. The summed E-state index contributed by atoms with van der Waals surface area (Å²) in [5.74, 6) is -0.693. The molecule has 4 fully saturated rings. The maximum atomic E-state index is 13.5. The number of nitrogens with zero attached hydrogens (tertiary/aromatic N) is 7. The molecule has 18 heteroatoms. The number of nitrogens with one attached hydrogen (secondary N) is 3. The molecule has 4 aliphatic rings. The molecule has 4 amide bonds. The number of amides is 4. The van der Waals surface area contributed by atoms with Crippen molar-refractivity contribution in [2.24, 2.45) is 10.8 Å². The number of aromatic nitrogens is 3. The first-order valence-corrected chi connectivity index (χ1v) is 22.0. The molecular formula is C46H53ClN10O7. The van der Waals surface area contributed by atoms with Crippen molar-refractivity contribution in [3.8, 4) is 11.8 Å². The van der Waals surface area contributed by atoms with Gasteiger partial charge in [-0.2, -0.15) is 9.94 Å². The van der Waals surface area contributed by atoms with E-state index in [1.165, 1.54) is 0 Å². The van der Waals surface area contributed by atoms with E-state index < -0.39 is 29.0 Å². The number of hydrogen-bond acceptors (Lipinski definition) is 13. The first-order chi connectivity index (χ1) is 30.5. The van der Waals surface area contributed by atoms with Gasteiger partial charge >= 0.3 is 0 Å². The molecule has 4 aromatic rings. The van der Waals surface area contributed by atoms with Gasteiger partial charge in [0.05, 0.1) is 28.1 Å². The molecule has 0 spiro atoms. The topological polar surface area (TPSA) is 215 Å². The van der Waals surface area contributed by atoms with Gasteiger partial charge in [-0.15, -0.1) is 5.10 Å². The number of fused-ring (bicyclic) bond motifs is 1. The van der Waals surface area contributed by atoms with E-state index in [1.54, 1.807) is 41.3 Å². The lowest BCUT2D eigenvalue weighted by molar-refractivity contribution is -0.164. The minimum Gasteiger partial charge on any atom is -0.489 e. The van der Waals surface area contributed by atoms with E-state index in [0.29, 0.717) is 65.6 Å². The molecule has 3 aliphatic heterocycles. The molecule has 1 atom stereocenters. The van der Waals surface area contributed by atoms with Crippen LogP contribution in [0.3, 0.4) is 0 Å². The van der Waals surface area contributed by atoms with Crippen LogP contribution in [-0.2, 0) is 14.4 Å². The van der Waals surface area contributed by atoms with Gasteiger partial charge in [-0.1, -0.05) is 44.5 Å². The molecular weight excluding hydrogens is 840 g/mol. The summed E-state index contributed by atoms with van der Waals surface area (Å²) in [5, 5.41) is 38.0. The van der Waals surface area contributed by atoms with Crippen LogP contribution in [0.25, 0.3) is 10.9 Å². The maximum absolute atomic E-state index is 13.5. The van der Waals surface area contributed by atoms with Gasteiger partial charge in [0.25, 0.3) is 17.4 Å². The Morgan fingerprint density at radius 2 is 1.66 bits per heavy atom. The summed E-state index contributed by atoms with van der Waals surface area (Å²) in [4.78, 5) is 70.3. The quantitative estimate of drug-likeness (QED) is 0.159. The summed E-state index contributed by atoms with van der Waals surface area (Å²) in [6.45, 7) is 12.7. The molecule has 336 valence electrons. The van der Waals surface area contributed by atoms with Crippen molar-refractivity contribution in [2.45, 2.75) is 77.2 Å². The molecule has 1 aromatic heterocycles. The number of β-amino-alcohol motifs (C(OH)–C–C–N with tert-alkyl or cyclic N) is 1. The molecule has 0 bridgehead atoms. The molecule has 3 aromatic carbocycles. The van der Waals surface area contributed by atoms with Crippen LogP contribution >= 0.6 is 11.6 Å². The Morgan fingerprint density at radius 3 is 2.31 bits per heavy atom. The Morgan fingerprint density at radius 1 is 0.953 bits per heavy atom. The van der Waals surface area contributed by atoms with E-state index in [0.717, 1.165) is 36.5 Å². The number of likely N-dealkylation sites (tertiary alicyclic amines) is 1. The molecule has 1 saturated carbocycles. The van der Waals surface area contributed by atoms with Gasteiger partial charge < -0.3 is 30.3 Å². The molecule has 1 aliphatic carbocycles. The monoisotopic (exact) mass is 892 g/mol. The summed E-state index contributed by atoms with van der Waals surface area (Å²) in [6, 6.07) is 18.6. The van der Waals surface area contributed by atoms with E-state index in [-0.39, 0.29) is 59.6 Å². The summed E-state index contributed by atoms with van der Waals surface area (Å²) < 4.78 is 7.37. The normalized spacial score (nSPS) is 22.8. The number of carbonyl (C=O) groups excluding carboxylic acids is 4. The van der Waals surface area contributed by atoms with Gasteiger partial charge in [-0.25, -0.2) is 0 Å². The second kappa shape index (κ2) is 17.5. The zero-order valence-electron chi connectivity index (χ0n) is 36.4. The Kier molecular flexibility index (Phi) is 12.2. The van der Waals surface area contributed by atoms with Crippen LogP contribution in [0.1, 0.15) is 75.3 Å². The first kappa shape index (κ1) is 44.5. The summed E-state index contributed by atoms with van der Waals surface area (Å²) in [6.07, 6.45) is 0.943. The number of imide groups is 1. The fourth-order valence-electron chi connectivity index (χ4n) is 10.1. The molecule has 4 N–H and O–H groups in total. The van der Waals surface area contributed by atoms with Crippen molar-refractivity contribution in [1.82, 2.24) is 35.4 Å². The SMILES string of the molecule is CC1(C)[C@H](NC(=O)c2ccc(N3CCN(CC4(O)CCN(C(=O)CNc5ccc6nnn(C7CCC(=O)NC7=O)c(=O)c6c5)CC4)CC3)cc2)C(C)(C)[C@H]1Oc1ccc(C#N)c(Cl)c1. The molecule has 8 rings (SSSR count). The molecule has 1 unspecified atom stereocenters. The van der Waals surface area contributed by atoms with Crippen LogP contribution in [0.5, 0.6) is 5.75 Å². The van der Waals surface area contributed by atoms with Crippen LogP contribution < -0.4 is 31.1 Å². The fourth-order valence-corrected chi connectivity index (χ4v) is 10.3. The van der Waals surface area contributed by atoms with Gasteiger partial charge in [0.1, 0.15) is 29.5 Å². The van der Waals surface area contributed by atoms with Crippen LogP contribution in [0, 0.1) is 22.2 Å². The van der Waals surface area contributed by atoms with E-state index in [9.17, 15) is 34.3 Å². The van der Waals surface area contributed by atoms with E-state index in [1.807, 2.05) is 24.3 Å². The lowest BCUT2D eigenvalue weighted by Crippen LogP contribution is -2.74. The van der Waals surface area contributed by atoms with Crippen molar-refractivity contribution < 1.29 is 29.0 Å². The third kappa shape index (κ3) is 8.86. The Hall–Kier alpha value is -6.09. The van der Waals surface area contributed by atoms with E-state index in [4.69, 9.17) is 16.3 Å². The number of piperazine rings is 1. The zero-order valence-corrected chi connectivity index (χ0v) is 37.2. The lowest BCUT2D eigenvalue weighted by atomic mass is 9.49. The molecule has 3 saturated heterocycles. The Bertz CT molecular complexity index is 2560. The number of rotatable bonds is 11. The van der Waals surface area contributed by atoms with Crippen LogP contribution in [0.15, 0.2) is 65.5 Å². The predicted octanol–water partition coefficient (Wildman–Crippen LogP) is 3.49. The molecule has 64 heavy (non-hydrogen) atoms. The van der Waals surface area contributed by atoms with E-state index >= 15 is 0 Å². The minimum absolute atomic E-state index is 0.0114. The minimum atomic E-state index is -0.935. The maximum Gasteiger partial charge on any atom is 0.278 e.